The average molecular weight is 463 g/mol. The Morgan fingerprint density at radius 2 is 1.73 bits per heavy atom. The average Bonchev–Trinajstić information content (AvgIpc) is 3.10. The van der Waals surface area contributed by atoms with Crippen molar-refractivity contribution in [2.24, 2.45) is 0 Å². The van der Waals surface area contributed by atoms with Crippen molar-refractivity contribution in [2.75, 3.05) is 10.6 Å². The number of alkyl halides is 3. The number of hydrogen-bond acceptors (Lipinski definition) is 5. The topological polar surface area (TPSA) is 98.1 Å². The summed E-state index contributed by atoms with van der Waals surface area (Å²) in [5, 5.41) is 9.64. The first-order valence-electron chi connectivity index (χ1n) is 10.1. The number of nitrogens with one attached hydrogen (secondary N) is 2. The molecule has 0 spiro atoms. The smallest absolute Gasteiger partial charge is 0.416 e. The highest BCUT2D eigenvalue weighted by Crippen LogP contribution is 2.34. The predicted molar refractivity (Wildman–Crippen MR) is 117 cm³/mol. The van der Waals surface area contributed by atoms with Crippen LogP contribution in [0.25, 0.3) is 11.0 Å². The number of rotatable bonds is 4. The molecule has 2 heterocycles. The SMILES string of the molecule is CC(C)n1ncc2cc(C(=O)Nc3cc(C(F)(F)F)ccc3NC(=O)OC(C)(C)C)cnc21. The summed E-state index contributed by atoms with van der Waals surface area (Å²) in [6.07, 6.45) is -2.65. The fourth-order valence-corrected chi connectivity index (χ4v) is 2.98. The van der Waals surface area contributed by atoms with Crippen LogP contribution in [0.15, 0.2) is 36.7 Å². The molecule has 0 aliphatic rings. The first-order chi connectivity index (χ1) is 15.2. The minimum atomic E-state index is -4.64. The molecule has 3 rings (SSSR count). The number of pyridine rings is 1. The number of fused-ring (bicyclic) bond motifs is 1. The van der Waals surface area contributed by atoms with E-state index >= 15 is 0 Å². The van der Waals surface area contributed by atoms with Crippen molar-refractivity contribution in [3.05, 3.63) is 47.8 Å². The van der Waals surface area contributed by atoms with Crippen molar-refractivity contribution in [3.8, 4) is 0 Å². The number of benzene rings is 1. The first kappa shape index (κ1) is 24.0. The molecule has 0 saturated carbocycles. The number of amides is 2. The zero-order valence-corrected chi connectivity index (χ0v) is 18.7. The number of aromatic nitrogens is 3. The second kappa shape index (κ2) is 8.72. The predicted octanol–water partition coefficient (Wildman–Crippen LogP) is 5.63. The summed E-state index contributed by atoms with van der Waals surface area (Å²) in [6, 6.07) is 4.19. The van der Waals surface area contributed by atoms with E-state index < -0.39 is 29.3 Å². The van der Waals surface area contributed by atoms with Crippen LogP contribution in [0.3, 0.4) is 0 Å². The van der Waals surface area contributed by atoms with Gasteiger partial charge in [-0.2, -0.15) is 18.3 Å². The molecule has 11 heteroatoms. The van der Waals surface area contributed by atoms with E-state index in [0.29, 0.717) is 11.0 Å². The quantitative estimate of drug-likeness (QED) is 0.523. The molecule has 0 aliphatic carbocycles. The monoisotopic (exact) mass is 463 g/mol. The van der Waals surface area contributed by atoms with Crippen LogP contribution in [0.5, 0.6) is 0 Å². The van der Waals surface area contributed by atoms with Gasteiger partial charge >= 0.3 is 12.3 Å². The molecule has 0 bridgehead atoms. The number of nitrogens with zero attached hydrogens (tertiary/aromatic N) is 3. The standard InChI is InChI=1S/C22H24F3N5O3/c1-12(2)30-18-13(11-27-30)8-14(10-26-18)19(31)28-17-9-15(22(23,24)25)6-7-16(17)29-20(32)33-21(3,4)5/h6-12H,1-5H3,(H,28,31)(H,29,32). The summed E-state index contributed by atoms with van der Waals surface area (Å²) in [5.74, 6) is -0.701. The van der Waals surface area contributed by atoms with Gasteiger partial charge in [-0.25, -0.2) is 14.5 Å². The van der Waals surface area contributed by atoms with Gasteiger partial charge in [-0.15, -0.1) is 0 Å². The van der Waals surface area contributed by atoms with Crippen LogP contribution >= 0.6 is 0 Å². The zero-order valence-electron chi connectivity index (χ0n) is 18.7. The van der Waals surface area contributed by atoms with Crippen LogP contribution < -0.4 is 10.6 Å². The Morgan fingerprint density at radius 3 is 2.33 bits per heavy atom. The van der Waals surface area contributed by atoms with Gasteiger partial charge in [0.15, 0.2) is 5.65 Å². The molecule has 3 aromatic rings. The maximum absolute atomic E-state index is 13.2. The van der Waals surface area contributed by atoms with Crippen LogP contribution in [0.1, 0.15) is 56.6 Å². The molecule has 2 aromatic heterocycles. The Morgan fingerprint density at radius 1 is 1.03 bits per heavy atom. The lowest BCUT2D eigenvalue weighted by Gasteiger charge is -2.21. The van der Waals surface area contributed by atoms with Crippen LogP contribution in [0.4, 0.5) is 29.3 Å². The molecule has 0 fully saturated rings. The van der Waals surface area contributed by atoms with E-state index in [2.05, 4.69) is 20.7 Å². The lowest BCUT2D eigenvalue weighted by Crippen LogP contribution is -2.27. The number of carbonyl (C=O) groups excluding carboxylic acids is 2. The maximum atomic E-state index is 13.2. The minimum Gasteiger partial charge on any atom is -0.444 e. The summed E-state index contributed by atoms with van der Waals surface area (Å²) < 4.78 is 46.6. The van der Waals surface area contributed by atoms with Gasteiger partial charge in [0.25, 0.3) is 5.91 Å². The fourth-order valence-electron chi connectivity index (χ4n) is 2.98. The zero-order chi connectivity index (χ0) is 24.6. The molecule has 0 atom stereocenters. The van der Waals surface area contributed by atoms with Gasteiger partial charge in [-0.3, -0.25) is 10.1 Å². The number of hydrogen-bond donors (Lipinski definition) is 2. The van der Waals surface area contributed by atoms with E-state index in [9.17, 15) is 22.8 Å². The maximum Gasteiger partial charge on any atom is 0.416 e. The lowest BCUT2D eigenvalue weighted by molar-refractivity contribution is -0.137. The summed E-state index contributed by atoms with van der Waals surface area (Å²) >= 11 is 0. The second-order valence-electron chi connectivity index (χ2n) is 8.66. The molecule has 0 unspecified atom stereocenters. The van der Waals surface area contributed by atoms with Gasteiger partial charge < -0.3 is 10.1 Å². The summed E-state index contributed by atoms with van der Waals surface area (Å²) in [6.45, 7) is 8.80. The van der Waals surface area contributed by atoms with Gasteiger partial charge in [0, 0.05) is 17.6 Å². The van der Waals surface area contributed by atoms with Crippen molar-refractivity contribution in [1.29, 1.82) is 0 Å². The number of anilines is 2. The third-order valence-corrected chi connectivity index (χ3v) is 4.42. The normalized spacial score (nSPS) is 12.2. The fraction of sp³-hybridized carbons (Fsp3) is 0.364. The van der Waals surface area contributed by atoms with Gasteiger partial charge in [0.05, 0.1) is 28.7 Å². The molecule has 2 amide bonds. The number of halogens is 3. The lowest BCUT2D eigenvalue weighted by atomic mass is 10.1. The summed E-state index contributed by atoms with van der Waals surface area (Å²) in [5.41, 5.74) is -1.40. The minimum absolute atomic E-state index is 0.0488. The van der Waals surface area contributed by atoms with E-state index in [0.717, 1.165) is 18.2 Å². The molecular weight excluding hydrogens is 439 g/mol. The van der Waals surface area contributed by atoms with E-state index in [1.807, 2.05) is 13.8 Å². The van der Waals surface area contributed by atoms with Crippen LogP contribution in [0.2, 0.25) is 0 Å². The third-order valence-electron chi connectivity index (χ3n) is 4.42. The van der Waals surface area contributed by atoms with Crippen molar-refractivity contribution in [1.82, 2.24) is 14.8 Å². The highest BCUT2D eigenvalue weighted by Gasteiger charge is 2.31. The molecule has 0 aliphatic heterocycles. The Balaban J connectivity index is 1.92. The van der Waals surface area contributed by atoms with Crippen molar-refractivity contribution < 1.29 is 27.5 Å². The summed E-state index contributed by atoms with van der Waals surface area (Å²) in [4.78, 5) is 29.2. The molecule has 0 radical (unpaired) electrons. The van der Waals surface area contributed by atoms with Crippen molar-refractivity contribution >= 4 is 34.4 Å². The summed E-state index contributed by atoms with van der Waals surface area (Å²) in [7, 11) is 0. The van der Waals surface area contributed by atoms with Gasteiger partial charge in [-0.05, 0) is 58.9 Å². The van der Waals surface area contributed by atoms with Gasteiger partial charge in [-0.1, -0.05) is 0 Å². The molecule has 0 saturated heterocycles. The first-order valence-corrected chi connectivity index (χ1v) is 10.1. The van der Waals surface area contributed by atoms with Crippen LogP contribution in [0, 0.1) is 0 Å². The van der Waals surface area contributed by atoms with Crippen molar-refractivity contribution in [2.45, 2.75) is 52.4 Å². The third kappa shape index (κ3) is 5.79. The van der Waals surface area contributed by atoms with E-state index in [4.69, 9.17) is 4.74 Å². The molecule has 176 valence electrons. The second-order valence-corrected chi connectivity index (χ2v) is 8.66. The highest BCUT2D eigenvalue weighted by molar-refractivity contribution is 6.08. The van der Waals surface area contributed by atoms with Crippen molar-refractivity contribution in [3.63, 3.8) is 0 Å². The molecule has 2 N–H and O–H groups in total. The van der Waals surface area contributed by atoms with E-state index in [1.54, 1.807) is 31.6 Å². The van der Waals surface area contributed by atoms with Crippen LogP contribution in [-0.4, -0.2) is 32.4 Å². The highest BCUT2D eigenvalue weighted by atomic mass is 19.4. The van der Waals surface area contributed by atoms with E-state index in [-0.39, 0.29) is 23.0 Å². The molecule has 1 aromatic carbocycles. The molecule has 33 heavy (non-hydrogen) atoms. The Hall–Kier alpha value is -3.63. The van der Waals surface area contributed by atoms with Gasteiger partial charge in [0.2, 0.25) is 0 Å². The van der Waals surface area contributed by atoms with E-state index in [1.165, 1.54) is 12.3 Å². The van der Waals surface area contributed by atoms with Gasteiger partial charge in [0.1, 0.15) is 5.60 Å². The Labute approximate surface area is 188 Å². The Bertz CT molecular complexity index is 1200. The molecular formula is C22H24F3N5O3. The van der Waals surface area contributed by atoms with Crippen LogP contribution in [-0.2, 0) is 10.9 Å². The molecule has 8 nitrogen and oxygen atoms in total. The largest absolute Gasteiger partial charge is 0.444 e. The number of ether oxygens (including phenoxy) is 1. The number of carbonyl (C=O) groups is 2. The Kier molecular flexibility index (Phi) is 6.35.